The molecule has 0 aliphatic rings. The highest BCUT2D eigenvalue weighted by molar-refractivity contribution is 7.90. The minimum atomic E-state index is -3.44. The van der Waals surface area contributed by atoms with Crippen molar-refractivity contribution >= 4 is 20.7 Å². The molecule has 0 saturated carbocycles. The summed E-state index contributed by atoms with van der Waals surface area (Å²) in [6, 6.07) is 16.3. The number of rotatable bonds is 3. The molecule has 0 aliphatic carbocycles. The molecule has 0 aliphatic heterocycles. The lowest BCUT2D eigenvalue weighted by Crippen LogP contribution is -2.05. The molecule has 1 heterocycles. The summed E-state index contributed by atoms with van der Waals surface area (Å²) in [5.41, 5.74) is 1.49. The Labute approximate surface area is 111 Å². The fraction of sp³-hybridized carbons (Fsp3) is 0.0714. The molecule has 3 aromatic rings. The van der Waals surface area contributed by atoms with Gasteiger partial charge in [-0.15, -0.1) is 0 Å². The Morgan fingerprint density at radius 1 is 0.947 bits per heavy atom. The smallest absolute Gasteiger partial charge is 0.202 e. The fourth-order valence-electron chi connectivity index (χ4n) is 2.04. The van der Waals surface area contributed by atoms with Crippen LogP contribution in [0.4, 0.5) is 0 Å². The van der Waals surface area contributed by atoms with Crippen molar-refractivity contribution in [2.75, 3.05) is 0 Å². The molecule has 0 unspecified atom stereocenters. The third-order valence-electron chi connectivity index (χ3n) is 2.93. The quantitative estimate of drug-likeness (QED) is 0.797. The van der Waals surface area contributed by atoms with Gasteiger partial charge in [0.2, 0.25) is 9.84 Å². The number of aromatic amines is 1. The summed E-state index contributed by atoms with van der Waals surface area (Å²) in [4.78, 5) is 0. The number of H-pyrrole nitrogens is 1. The topological polar surface area (TPSA) is 62.8 Å². The minimum Gasteiger partial charge on any atom is -0.277 e. The lowest BCUT2D eigenvalue weighted by atomic mass is 10.2. The maximum Gasteiger partial charge on any atom is 0.202 e. The van der Waals surface area contributed by atoms with Crippen LogP contribution in [-0.4, -0.2) is 18.6 Å². The maximum atomic E-state index is 12.4. The number of fused-ring (bicyclic) bond motifs is 1. The molecule has 96 valence electrons. The SMILES string of the molecule is O=S(=O)(Cc1ccccc1)c1n[nH]c2ccccc12. The van der Waals surface area contributed by atoms with Crippen LogP contribution < -0.4 is 0 Å². The molecule has 0 saturated heterocycles. The fourth-order valence-corrected chi connectivity index (χ4v) is 3.50. The average molecular weight is 272 g/mol. The number of benzene rings is 2. The number of nitrogens with zero attached hydrogens (tertiary/aromatic N) is 1. The summed E-state index contributed by atoms with van der Waals surface area (Å²) in [5.74, 6) is -0.0390. The van der Waals surface area contributed by atoms with Gasteiger partial charge in [-0.05, 0) is 17.7 Å². The van der Waals surface area contributed by atoms with Gasteiger partial charge in [0.05, 0.1) is 11.3 Å². The van der Waals surface area contributed by atoms with Crippen molar-refractivity contribution in [1.29, 1.82) is 0 Å². The molecule has 2 aromatic carbocycles. The van der Waals surface area contributed by atoms with E-state index in [-0.39, 0.29) is 10.8 Å². The first-order chi connectivity index (χ1) is 9.17. The van der Waals surface area contributed by atoms with Gasteiger partial charge in [-0.25, -0.2) is 8.42 Å². The molecule has 0 bridgehead atoms. The van der Waals surface area contributed by atoms with E-state index in [0.717, 1.165) is 11.1 Å². The largest absolute Gasteiger partial charge is 0.277 e. The van der Waals surface area contributed by atoms with E-state index in [1.165, 1.54) is 0 Å². The van der Waals surface area contributed by atoms with Gasteiger partial charge in [0.1, 0.15) is 0 Å². The molecular weight excluding hydrogens is 260 g/mol. The number of nitrogens with one attached hydrogen (secondary N) is 1. The number of sulfone groups is 1. The molecular formula is C14H12N2O2S. The summed E-state index contributed by atoms with van der Waals surface area (Å²) in [5, 5.41) is 7.46. The zero-order valence-electron chi connectivity index (χ0n) is 10.1. The average Bonchev–Trinajstić information content (AvgIpc) is 2.84. The van der Waals surface area contributed by atoms with Gasteiger partial charge in [-0.1, -0.05) is 42.5 Å². The van der Waals surface area contributed by atoms with Gasteiger partial charge in [0.15, 0.2) is 5.03 Å². The molecule has 3 rings (SSSR count). The van der Waals surface area contributed by atoms with Crippen molar-refractivity contribution in [3.05, 3.63) is 60.2 Å². The van der Waals surface area contributed by atoms with Crippen LogP contribution in [0.25, 0.3) is 10.9 Å². The first-order valence-corrected chi connectivity index (χ1v) is 7.52. The third-order valence-corrected chi connectivity index (χ3v) is 4.54. The van der Waals surface area contributed by atoms with Crippen LogP contribution in [0.2, 0.25) is 0 Å². The first kappa shape index (κ1) is 11.9. The molecule has 1 aromatic heterocycles. The van der Waals surface area contributed by atoms with Crippen LogP contribution in [0, 0.1) is 0 Å². The molecule has 19 heavy (non-hydrogen) atoms. The van der Waals surface area contributed by atoms with Gasteiger partial charge >= 0.3 is 0 Å². The molecule has 0 radical (unpaired) electrons. The van der Waals surface area contributed by atoms with Crippen LogP contribution in [0.15, 0.2) is 59.6 Å². The van der Waals surface area contributed by atoms with E-state index < -0.39 is 9.84 Å². The minimum absolute atomic E-state index is 0.0390. The van der Waals surface area contributed by atoms with E-state index in [4.69, 9.17) is 0 Å². The lowest BCUT2D eigenvalue weighted by molar-refractivity contribution is 0.592. The van der Waals surface area contributed by atoms with Gasteiger partial charge in [-0.3, -0.25) is 5.10 Å². The van der Waals surface area contributed by atoms with Crippen molar-refractivity contribution in [1.82, 2.24) is 10.2 Å². The second kappa shape index (κ2) is 4.51. The van der Waals surface area contributed by atoms with E-state index in [1.54, 1.807) is 24.3 Å². The second-order valence-electron chi connectivity index (χ2n) is 4.32. The van der Waals surface area contributed by atoms with Crippen molar-refractivity contribution in [3.63, 3.8) is 0 Å². The summed E-state index contributed by atoms with van der Waals surface area (Å²) < 4.78 is 24.8. The van der Waals surface area contributed by atoms with Gasteiger partial charge in [0, 0.05) is 5.39 Å². The number of hydrogen-bond acceptors (Lipinski definition) is 3. The van der Waals surface area contributed by atoms with Crippen molar-refractivity contribution < 1.29 is 8.42 Å². The van der Waals surface area contributed by atoms with Gasteiger partial charge < -0.3 is 0 Å². The Balaban J connectivity index is 2.05. The Kier molecular flexibility index (Phi) is 2.83. The molecule has 0 spiro atoms. The van der Waals surface area contributed by atoms with Crippen molar-refractivity contribution in [2.24, 2.45) is 0 Å². The molecule has 0 fully saturated rings. The van der Waals surface area contributed by atoms with E-state index in [0.29, 0.717) is 5.39 Å². The van der Waals surface area contributed by atoms with Crippen molar-refractivity contribution in [2.45, 2.75) is 10.8 Å². The van der Waals surface area contributed by atoms with E-state index in [9.17, 15) is 8.42 Å². The molecule has 4 nitrogen and oxygen atoms in total. The van der Waals surface area contributed by atoms with Crippen LogP contribution >= 0.6 is 0 Å². The summed E-state index contributed by atoms with van der Waals surface area (Å²) in [6.07, 6.45) is 0. The summed E-state index contributed by atoms with van der Waals surface area (Å²) >= 11 is 0. The monoisotopic (exact) mass is 272 g/mol. The first-order valence-electron chi connectivity index (χ1n) is 5.86. The number of para-hydroxylation sites is 1. The van der Waals surface area contributed by atoms with Crippen LogP contribution in [-0.2, 0) is 15.6 Å². The lowest BCUT2D eigenvalue weighted by Gasteiger charge is -2.01. The standard InChI is InChI=1S/C14H12N2O2S/c17-19(18,10-11-6-2-1-3-7-11)14-12-8-4-5-9-13(12)15-16-14/h1-9H,10H2,(H,15,16). The molecule has 1 N–H and O–H groups in total. The van der Waals surface area contributed by atoms with E-state index in [2.05, 4.69) is 10.2 Å². The highest BCUT2D eigenvalue weighted by Gasteiger charge is 2.21. The molecule has 0 amide bonds. The van der Waals surface area contributed by atoms with Gasteiger partial charge in [-0.2, -0.15) is 5.10 Å². The normalized spacial score (nSPS) is 11.8. The Hall–Kier alpha value is -2.14. The summed E-state index contributed by atoms with van der Waals surface area (Å²) in [7, 11) is -3.44. The molecule has 0 atom stereocenters. The summed E-state index contributed by atoms with van der Waals surface area (Å²) in [6.45, 7) is 0. The Bertz CT molecular complexity index is 808. The highest BCUT2D eigenvalue weighted by atomic mass is 32.2. The molecule has 5 heteroatoms. The number of hydrogen-bond donors (Lipinski definition) is 1. The Morgan fingerprint density at radius 3 is 2.42 bits per heavy atom. The predicted octanol–water partition coefficient (Wildman–Crippen LogP) is 2.54. The maximum absolute atomic E-state index is 12.4. The zero-order valence-corrected chi connectivity index (χ0v) is 10.9. The van der Waals surface area contributed by atoms with E-state index >= 15 is 0 Å². The predicted molar refractivity (Wildman–Crippen MR) is 73.4 cm³/mol. The number of aromatic nitrogens is 2. The van der Waals surface area contributed by atoms with Crippen molar-refractivity contribution in [3.8, 4) is 0 Å². The zero-order chi connectivity index (χ0) is 13.3. The third kappa shape index (κ3) is 2.24. The van der Waals surface area contributed by atoms with Crippen LogP contribution in [0.3, 0.4) is 0 Å². The van der Waals surface area contributed by atoms with Crippen LogP contribution in [0.1, 0.15) is 5.56 Å². The van der Waals surface area contributed by atoms with E-state index in [1.807, 2.05) is 30.3 Å². The Morgan fingerprint density at radius 2 is 1.63 bits per heavy atom. The van der Waals surface area contributed by atoms with Gasteiger partial charge in [0.25, 0.3) is 0 Å². The highest BCUT2D eigenvalue weighted by Crippen LogP contribution is 2.22. The van der Waals surface area contributed by atoms with Crippen LogP contribution in [0.5, 0.6) is 0 Å². The second-order valence-corrected chi connectivity index (χ2v) is 6.22.